The van der Waals surface area contributed by atoms with E-state index in [1.54, 1.807) is 6.07 Å². The number of sulfonamides is 1. The Hall–Kier alpha value is -0.890. The standard InChI is InChI=1S/C14H26N2O4S/c1-4-12(7-8-17)9-16-21(18,19)14-6-5-13(20-14)10-15-11(2)3/h5-6,11-12,15-17H,4,7-10H2,1-3H3. The van der Waals surface area contributed by atoms with Crippen LogP contribution in [0, 0.1) is 5.92 Å². The summed E-state index contributed by atoms with van der Waals surface area (Å²) in [5.74, 6) is 0.716. The monoisotopic (exact) mass is 318 g/mol. The summed E-state index contributed by atoms with van der Waals surface area (Å²) in [6, 6.07) is 3.43. The first-order chi connectivity index (χ1) is 9.89. The lowest BCUT2D eigenvalue weighted by molar-refractivity contribution is 0.254. The van der Waals surface area contributed by atoms with Gasteiger partial charge in [0.05, 0.1) is 6.54 Å². The largest absolute Gasteiger partial charge is 0.447 e. The van der Waals surface area contributed by atoms with E-state index in [4.69, 9.17) is 9.52 Å². The summed E-state index contributed by atoms with van der Waals surface area (Å²) in [5, 5.41) is 12.0. The van der Waals surface area contributed by atoms with Crippen LogP contribution in [0.1, 0.15) is 39.4 Å². The van der Waals surface area contributed by atoms with Crippen LogP contribution >= 0.6 is 0 Å². The summed E-state index contributed by atoms with van der Waals surface area (Å²) in [6.45, 7) is 6.85. The topological polar surface area (TPSA) is 91.6 Å². The highest BCUT2D eigenvalue weighted by molar-refractivity contribution is 7.89. The van der Waals surface area contributed by atoms with Crippen LogP contribution in [-0.4, -0.2) is 32.7 Å². The summed E-state index contributed by atoms with van der Waals surface area (Å²) in [6.07, 6.45) is 1.39. The molecule has 0 aromatic carbocycles. The number of hydrogen-bond donors (Lipinski definition) is 3. The molecule has 1 aromatic heterocycles. The Morgan fingerprint density at radius 1 is 1.33 bits per heavy atom. The van der Waals surface area contributed by atoms with E-state index in [0.29, 0.717) is 31.3 Å². The van der Waals surface area contributed by atoms with Gasteiger partial charge in [-0.25, -0.2) is 13.1 Å². The molecule has 3 N–H and O–H groups in total. The van der Waals surface area contributed by atoms with Gasteiger partial charge in [0, 0.05) is 19.2 Å². The van der Waals surface area contributed by atoms with Crippen molar-refractivity contribution in [3.63, 3.8) is 0 Å². The molecule has 7 heteroatoms. The van der Waals surface area contributed by atoms with Gasteiger partial charge in [-0.2, -0.15) is 0 Å². The minimum Gasteiger partial charge on any atom is -0.447 e. The lowest BCUT2D eigenvalue weighted by Crippen LogP contribution is -2.29. The first kappa shape index (κ1) is 18.2. The zero-order valence-corrected chi connectivity index (χ0v) is 13.7. The maximum Gasteiger partial charge on any atom is 0.273 e. The Bertz CT molecular complexity index is 511. The molecule has 0 saturated carbocycles. The molecular weight excluding hydrogens is 292 g/mol. The molecule has 1 aromatic rings. The van der Waals surface area contributed by atoms with Crippen molar-refractivity contribution in [1.82, 2.24) is 10.0 Å². The van der Waals surface area contributed by atoms with Crippen LogP contribution in [0.15, 0.2) is 21.6 Å². The molecule has 0 spiro atoms. The van der Waals surface area contributed by atoms with Gasteiger partial charge in [-0.05, 0) is 24.5 Å². The molecule has 0 aliphatic carbocycles. The SMILES string of the molecule is CCC(CCO)CNS(=O)(=O)c1ccc(CNC(C)C)o1. The highest BCUT2D eigenvalue weighted by atomic mass is 32.2. The number of nitrogens with one attached hydrogen (secondary N) is 2. The summed E-state index contributed by atoms with van der Waals surface area (Å²) >= 11 is 0. The van der Waals surface area contributed by atoms with Crippen LogP contribution in [0.4, 0.5) is 0 Å². The van der Waals surface area contributed by atoms with E-state index in [0.717, 1.165) is 6.42 Å². The van der Waals surface area contributed by atoms with Gasteiger partial charge in [0.15, 0.2) is 0 Å². The van der Waals surface area contributed by atoms with Gasteiger partial charge < -0.3 is 14.8 Å². The van der Waals surface area contributed by atoms with E-state index in [1.165, 1.54) is 6.07 Å². The smallest absolute Gasteiger partial charge is 0.273 e. The van der Waals surface area contributed by atoms with Crippen LogP contribution in [0.3, 0.4) is 0 Å². The van der Waals surface area contributed by atoms with E-state index >= 15 is 0 Å². The number of hydrogen-bond acceptors (Lipinski definition) is 5. The average molecular weight is 318 g/mol. The number of furan rings is 1. The van der Waals surface area contributed by atoms with Gasteiger partial charge in [-0.1, -0.05) is 27.2 Å². The predicted molar refractivity (Wildman–Crippen MR) is 81.4 cm³/mol. The Labute approximate surface area is 127 Å². The van der Waals surface area contributed by atoms with Crippen molar-refractivity contribution in [2.45, 2.75) is 51.3 Å². The third-order valence-electron chi connectivity index (χ3n) is 3.26. The number of aliphatic hydroxyl groups is 1. The second-order valence-corrected chi connectivity index (χ2v) is 7.09. The van der Waals surface area contributed by atoms with Gasteiger partial charge in [0.25, 0.3) is 10.0 Å². The van der Waals surface area contributed by atoms with E-state index in [1.807, 2.05) is 20.8 Å². The molecule has 1 unspecified atom stereocenters. The molecule has 0 bridgehead atoms. The van der Waals surface area contributed by atoms with Crippen LogP contribution in [0.25, 0.3) is 0 Å². The van der Waals surface area contributed by atoms with E-state index in [9.17, 15) is 8.42 Å². The Balaban J connectivity index is 2.61. The lowest BCUT2D eigenvalue weighted by Gasteiger charge is -2.13. The average Bonchev–Trinajstić information content (AvgIpc) is 2.91. The molecule has 21 heavy (non-hydrogen) atoms. The summed E-state index contributed by atoms with van der Waals surface area (Å²) in [7, 11) is -3.63. The van der Waals surface area contributed by atoms with E-state index in [2.05, 4.69) is 10.0 Å². The fourth-order valence-corrected chi connectivity index (χ4v) is 2.90. The summed E-state index contributed by atoms with van der Waals surface area (Å²) < 4.78 is 32.1. The van der Waals surface area contributed by atoms with Crippen molar-refractivity contribution in [1.29, 1.82) is 0 Å². The summed E-state index contributed by atoms with van der Waals surface area (Å²) in [5.41, 5.74) is 0. The van der Waals surface area contributed by atoms with E-state index < -0.39 is 10.0 Å². The fourth-order valence-electron chi connectivity index (χ4n) is 1.83. The molecule has 0 saturated heterocycles. The third kappa shape index (κ3) is 6.17. The zero-order valence-electron chi connectivity index (χ0n) is 12.9. The third-order valence-corrected chi connectivity index (χ3v) is 4.56. The molecule has 6 nitrogen and oxygen atoms in total. The molecule has 122 valence electrons. The molecule has 0 aliphatic rings. The van der Waals surface area contributed by atoms with Crippen molar-refractivity contribution >= 4 is 10.0 Å². The molecule has 0 amide bonds. The van der Waals surface area contributed by atoms with Crippen molar-refractivity contribution in [2.24, 2.45) is 5.92 Å². The number of rotatable bonds is 10. The molecule has 1 rings (SSSR count). The van der Waals surface area contributed by atoms with Crippen molar-refractivity contribution in [2.75, 3.05) is 13.2 Å². The minimum absolute atomic E-state index is 0.0615. The Morgan fingerprint density at radius 2 is 2.05 bits per heavy atom. The maximum absolute atomic E-state index is 12.1. The highest BCUT2D eigenvalue weighted by Gasteiger charge is 2.20. The molecule has 1 heterocycles. The second-order valence-electron chi connectivity index (χ2n) is 5.39. The highest BCUT2D eigenvalue weighted by Crippen LogP contribution is 2.15. The maximum atomic E-state index is 12.1. The van der Waals surface area contributed by atoms with Crippen LogP contribution < -0.4 is 10.0 Å². The Morgan fingerprint density at radius 3 is 2.62 bits per heavy atom. The van der Waals surface area contributed by atoms with Crippen molar-refractivity contribution < 1.29 is 17.9 Å². The van der Waals surface area contributed by atoms with Crippen LogP contribution in [-0.2, 0) is 16.6 Å². The van der Waals surface area contributed by atoms with Gasteiger partial charge in [0.1, 0.15) is 5.76 Å². The lowest BCUT2D eigenvalue weighted by atomic mass is 10.0. The van der Waals surface area contributed by atoms with Crippen molar-refractivity contribution in [3.05, 3.63) is 17.9 Å². The van der Waals surface area contributed by atoms with Crippen LogP contribution in [0.2, 0.25) is 0 Å². The van der Waals surface area contributed by atoms with Crippen molar-refractivity contribution in [3.8, 4) is 0 Å². The molecule has 1 atom stereocenters. The van der Waals surface area contributed by atoms with Crippen LogP contribution in [0.5, 0.6) is 0 Å². The summed E-state index contributed by atoms with van der Waals surface area (Å²) in [4.78, 5) is 0. The quantitative estimate of drug-likeness (QED) is 0.607. The van der Waals surface area contributed by atoms with Gasteiger partial charge in [-0.3, -0.25) is 0 Å². The van der Waals surface area contributed by atoms with Gasteiger partial charge in [0.2, 0.25) is 5.09 Å². The number of aliphatic hydroxyl groups excluding tert-OH is 1. The first-order valence-electron chi connectivity index (χ1n) is 7.31. The first-order valence-corrected chi connectivity index (χ1v) is 8.80. The zero-order chi connectivity index (χ0) is 15.9. The molecule has 0 aliphatic heterocycles. The normalized spacial score (nSPS) is 13.8. The molecule has 0 radical (unpaired) electrons. The Kier molecular flexibility index (Phi) is 7.37. The fraction of sp³-hybridized carbons (Fsp3) is 0.714. The molecule has 0 fully saturated rings. The van der Waals surface area contributed by atoms with E-state index in [-0.39, 0.29) is 17.6 Å². The molecular formula is C14H26N2O4S. The minimum atomic E-state index is -3.63. The van der Waals surface area contributed by atoms with Gasteiger partial charge >= 0.3 is 0 Å². The predicted octanol–water partition coefficient (Wildman–Crippen LogP) is 1.46. The van der Waals surface area contributed by atoms with Gasteiger partial charge in [-0.15, -0.1) is 0 Å². The second kappa shape index (κ2) is 8.53.